The van der Waals surface area contributed by atoms with Crippen LogP contribution in [0.2, 0.25) is 0 Å². The Labute approximate surface area is 554 Å². The van der Waals surface area contributed by atoms with Crippen LogP contribution in [0.1, 0.15) is 108 Å². The number of hydrogen-bond acceptors (Lipinski definition) is 4. The summed E-state index contributed by atoms with van der Waals surface area (Å²) in [6.07, 6.45) is 0.160. The number of hydrogen-bond donors (Lipinski definition) is 0. The summed E-state index contributed by atoms with van der Waals surface area (Å²) in [5.74, 6) is 1.68. The third kappa shape index (κ3) is 9.26. The Kier molecular flexibility index (Phi) is 11.6. The van der Waals surface area contributed by atoms with Crippen molar-refractivity contribution in [3.05, 3.63) is 317 Å². The second-order valence-electron chi connectivity index (χ2n) is 25.8. The molecule has 3 aliphatic rings. The molecule has 1 aliphatic heterocycles. The van der Waals surface area contributed by atoms with Crippen LogP contribution in [-0.4, -0.2) is 9.55 Å². The molecule has 0 saturated carbocycles. The molecule has 0 unspecified atom stereocenters. The van der Waals surface area contributed by atoms with E-state index in [2.05, 4.69) is 202 Å². The van der Waals surface area contributed by atoms with Crippen molar-refractivity contribution in [2.24, 2.45) is 0 Å². The van der Waals surface area contributed by atoms with Crippen molar-refractivity contribution >= 4 is 44.6 Å². The van der Waals surface area contributed by atoms with Gasteiger partial charge in [0.05, 0.1) is 5.41 Å². The predicted octanol–water partition coefficient (Wildman–Crippen LogP) is 21.5. The number of ether oxygens (including phenoxy) is 1. The average Bonchev–Trinajstić information content (AvgIpc) is 1.42. The Balaban J connectivity index is 0.00000784. The molecule has 90 heavy (non-hydrogen) atoms. The minimum atomic E-state index is -2.64. The van der Waals surface area contributed by atoms with Crippen LogP contribution in [-0.2, 0) is 43.7 Å². The fraction of sp³-hybridized carbons (Fsp3) is 0.143. The summed E-state index contributed by atoms with van der Waals surface area (Å²) in [6.45, 7) is 9.83. The number of aryl methyl sites for hydroxylation is 2. The van der Waals surface area contributed by atoms with E-state index in [4.69, 9.17) is 17.9 Å². The Hall–Kier alpha value is -9.54. The van der Waals surface area contributed by atoms with E-state index in [9.17, 15) is 2.74 Å². The smallest absolute Gasteiger partial charge is 0.135 e. The van der Waals surface area contributed by atoms with Crippen LogP contribution >= 0.6 is 0 Å². The third-order valence-corrected chi connectivity index (χ3v) is 18.2. The number of pyridine rings is 1. The maximum atomic E-state index is 9.68. The Morgan fingerprint density at radius 1 is 0.489 bits per heavy atom. The molecule has 5 nitrogen and oxygen atoms in total. The van der Waals surface area contributed by atoms with E-state index < -0.39 is 30.9 Å². The first kappa shape index (κ1) is 48.4. The molecule has 13 aromatic rings. The van der Waals surface area contributed by atoms with E-state index >= 15 is 0 Å². The summed E-state index contributed by atoms with van der Waals surface area (Å²) in [6, 6.07) is 86.1. The number of benzene rings is 11. The standard InChI is InChI=1S/C84H67N4O.Pt/c1-53-42-54(2)44-60(43-53)70-48-62(83(6,7)8)47-69(56-34-40-75-71(46-56)66-24-11-15-28-74(66)84(75)72-26-13-9-20-57(72)45-58-21-10-14-27-73(58)84)81(70)87-52-86(77-30-17-18-31-78(77)87)63-22-19-23-64(49-63)89-65-38-39-68-67-25-12-16-29-76(67)88(79(68)50-65)80-41-35-59(51-85-80)55-32-36-61(37-33-55)82(3,4)5;/h9-44,46-48,51-52H,45H2,1-8H3;/q-3;/i1D3,2D3,45D2;. The molecule has 1 spiro atoms. The second-order valence-corrected chi connectivity index (χ2v) is 25.8. The quantitative estimate of drug-likeness (QED) is 0.142. The number of rotatable bonds is 8. The molecule has 0 saturated heterocycles. The van der Waals surface area contributed by atoms with E-state index in [0.717, 1.165) is 100 Å². The van der Waals surface area contributed by atoms with Crippen molar-refractivity contribution in [3.8, 4) is 61.8 Å². The van der Waals surface area contributed by atoms with Crippen LogP contribution in [0.15, 0.2) is 243 Å². The summed E-state index contributed by atoms with van der Waals surface area (Å²) >= 11 is 0. The van der Waals surface area contributed by atoms with E-state index in [1.54, 1.807) is 12.1 Å². The van der Waals surface area contributed by atoms with Crippen molar-refractivity contribution in [2.45, 2.75) is 77.9 Å². The van der Waals surface area contributed by atoms with Crippen LogP contribution in [0.25, 0.3) is 72.1 Å². The van der Waals surface area contributed by atoms with Gasteiger partial charge in [-0.2, -0.15) is 12.1 Å². The second kappa shape index (κ2) is 21.6. The zero-order valence-electron chi connectivity index (χ0n) is 58.7. The molecule has 0 amide bonds. The largest absolute Gasteiger partial charge is 0.509 e. The van der Waals surface area contributed by atoms with Gasteiger partial charge >= 0.3 is 0 Å². The topological polar surface area (TPSA) is 33.5 Å². The molecule has 16 rings (SSSR count). The first-order valence-corrected chi connectivity index (χ1v) is 30.4. The molecule has 0 N–H and O–H groups in total. The Bertz CT molecular complexity index is 5270. The summed E-state index contributed by atoms with van der Waals surface area (Å²) in [5.41, 5.74) is 17.5. The van der Waals surface area contributed by atoms with Crippen LogP contribution in [0, 0.1) is 32.5 Å². The van der Waals surface area contributed by atoms with Crippen molar-refractivity contribution in [1.82, 2.24) is 9.55 Å². The molecular weight excluding hydrogens is 1280 g/mol. The minimum Gasteiger partial charge on any atom is -0.509 e. The van der Waals surface area contributed by atoms with Gasteiger partial charge in [0.15, 0.2) is 0 Å². The van der Waals surface area contributed by atoms with Crippen LogP contribution in [0.5, 0.6) is 11.5 Å². The molecule has 2 aromatic heterocycles. The van der Waals surface area contributed by atoms with Gasteiger partial charge in [-0.05, 0) is 157 Å². The maximum Gasteiger partial charge on any atom is 0.135 e. The van der Waals surface area contributed by atoms with E-state index in [1.807, 2.05) is 97.8 Å². The summed E-state index contributed by atoms with van der Waals surface area (Å²) in [4.78, 5) is 9.25. The first-order chi connectivity index (χ1) is 46.3. The molecule has 0 fully saturated rings. The summed E-state index contributed by atoms with van der Waals surface area (Å²) < 4.78 is 80.7. The van der Waals surface area contributed by atoms with Gasteiger partial charge in [-0.3, -0.25) is 0 Å². The molecule has 0 radical (unpaired) electrons. The number of nitrogens with zero attached hydrogens (tertiary/aromatic N) is 4. The maximum absolute atomic E-state index is 9.68. The van der Waals surface area contributed by atoms with Crippen molar-refractivity contribution in [1.29, 1.82) is 0 Å². The molecule has 0 atom stereocenters. The van der Waals surface area contributed by atoms with Gasteiger partial charge in [-0.1, -0.05) is 216 Å². The fourth-order valence-corrected chi connectivity index (χ4v) is 14.0. The molecule has 0 bridgehead atoms. The van der Waals surface area contributed by atoms with Crippen molar-refractivity contribution in [3.63, 3.8) is 0 Å². The monoisotopic (exact) mass is 1350 g/mol. The molecule has 3 heterocycles. The number of aromatic nitrogens is 2. The summed E-state index contributed by atoms with van der Waals surface area (Å²) in [7, 11) is 0. The van der Waals surface area contributed by atoms with E-state index in [-0.39, 0.29) is 37.6 Å². The van der Waals surface area contributed by atoms with Crippen molar-refractivity contribution in [2.75, 3.05) is 9.80 Å². The summed E-state index contributed by atoms with van der Waals surface area (Å²) in [5, 5.41) is 2.06. The fourth-order valence-electron chi connectivity index (χ4n) is 14.0. The van der Waals surface area contributed by atoms with E-state index in [1.165, 1.54) is 11.6 Å². The third-order valence-electron chi connectivity index (χ3n) is 18.2. The van der Waals surface area contributed by atoms with Crippen LogP contribution < -0.4 is 14.5 Å². The zero-order chi connectivity index (χ0) is 67.3. The molecular formula is C84H67N4OPt-3. The Morgan fingerprint density at radius 2 is 1.10 bits per heavy atom. The number of fused-ring (bicyclic) bond motifs is 13. The van der Waals surface area contributed by atoms with Gasteiger partial charge in [0, 0.05) is 89.0 Å². The van der Waals surface area contributed by atoms with Gasteiger partial charge in [-0.15, -0.1) is 48.1 Å². The number of para-hydroxylation sites is 3. The van der Waals surface area contributed by atoms with Crippen molar-refractivity contribution < 1.29 is 36.8 Å². The van der Waals surface area contributed by atoms with Gasteiger partial charge in [-0.25, -0.2) is 4.98 Å². The zero-order valence-corrected chi connectivity index (χ0v) is 53.0. The predicted molar refractivity (Wildman–Crippen MR) is 368 cm³/mol. The van der Waals surface area contributed by atoms with Gasteiger partial charge in [0.2, 0.25) is 0 Å². The van der Waals surface area contributed by atoms with Gasteiger partial charge in [0.1, 0.15) is 5.82 Å². The molecule has 6 heteroatoms. The molecule has 2 aliphatic carbocycles. The average molecular weight is 1350 g/mol. The van der Waals surface area contributed by atoms with Crippen LogP contribution in [0.3, 0.4) is 0 Å². The van der Waals surface area contributed by atoms with Gasteiger partial charge < -0.3 is 19.1 Å². The van der Waals surface area contributed by atoms with Crippen LogP contribution in [0.4, 0.5) is 22.7 Å². The number of anilines is 4. The minimum absolute atomic E-state index is 0. The Morgan fingerprint density at radius 3 is 1.80 bits per heavy atom. The SMILES string of the molecule is [2H]C([2H])([2H])c1cc(-c2cc(C(C)(C)C)cc(-c3ccc4c(c3)-c3ccccc3C43c4ccccc4C([2H])([2H])c4ccccc43)c2N2[CH-]N(c3[c-]c(Oc4[c-]c5c(cc4)c4ccccc4n5-c4ccc(-c5ccc(C(C)(C)C)cc5)cn4)ccc3)c3ccccc32)cc(C([2H])([2H])[2H])c1.[Pt]. The normalized spacial score (nSPS) is 15.8. The van der Waals surface area contributed by atoms with Gasteiger partial charge in [0.25, 0.3) is 0 Å². The first-order valence-electron chi connectivity index (χ1n) is 34.4. The van der Waals surface area contributed by atoms with E-state index in [0.29, 0.717) is 45.1 Å². The molecule has 442 valence electrons. The molecule has 11 aromatic carbocycles.